The number of halogens is 1. The first-order chi connectivity index (χ1) is 13.9. The second-order valence-electron chi connectivity index (χ2n) is 6.63. The van der Waals surface area contributed by atoms with Crippen LogP contribution in [0.5, 0.6) is 0 Å². The summed E-state index contributed by atoms with van der Waals surface area (Å²) in [5.41, 5.74) is 4.03. The van der Waals surface area contributed by atoms with Crippen molar-refractivity contribution in [1.29, 1.82) is 0 Å². The predicted molar refractivity (Wildman–Crippen MR) is 113 cm³/mol. The first kappa shape index (κ1) is 18.0. The number of hydrogen-bond acceptors (Lipinski definition) is 5. The van der Waals surface area contributed by atoms with Crippen LogP contribution in [0.1, 0.15) is 5.56 Å². The van der Waals surface area contributed by atoms with Crippen LogP contribution in [0.3, 0.4) is 0 Å². The van der Waals surface area contributed by atoms with Gasteiger partial charge in [-0.1, -0.05) is 17.7 Å². The van der Waals surface area contributed by atoms with Gasteiger partial charge < -0.3 is 4.40 Å². The molecule has 4 heterocycles. The molecule has 0 N–H and O–H groups in total. The lowest BCUT2D eigenvalue weighted by atomic mass is 10.1. The van der Waals surface area contributed by atoms with E-state index in [2.05, 4.69) is 30.9 Å². The first-order valence-electron chi connectivity index (χ1n) is 8.72. The number of aryl methyl sites for hydroxylation is 1. The third-order valence-corrected chi connectivity index (χ3v) is 6.76. The maximum atomic E-state index is 13.3. The molecule has 5 aromatic rings. The number of imidazole rings is 1. The Hall–Kier alpha value is -3.04. The van der Waals surface area contributed by atoms with Gasteiger partial charge in [-0.15, -0.1) is 0 Å². The van der Waals surface area contributed by atoms with E-state index in [0.29, 0.717) is 15.7 Å². The second-order valence-corrected chi connectivity index (χ2v) is 9.26. The van der Waals surface area contributed by atoms with Crippen molar-refractivity contribution in [3.8, 4) is 11.1 Å². The fourth-order valence-corrected chi connectivity index (χ4v) is 4.83. The molecule has 0 bridgehead atoms. The van der Waals surface area contributed by atoms with E-state index >= 15 is 0 Å². The van der Waals surface area contributed by atoms with E-state index in [1.54, 1.807) is 36.7 Å². The van der Waals surface area contributed by atoms with Crippen molar-refractivity contribution < 1.29 is 8.42 Å². The molecular formula is C20H14BrN5O2S. The summed E-state index contributed by atoms with van der Waals surface area (Å²) in [6.07, 6.45) is 8.50. The maximum absolute atomic E-state index is 13.3. The minimum absolute atomic E-state index is 0.196. The standard InChI is InChI=1S/C20H14BrN5O2S/c1-13-2-5-15(6-3-13)29(27,28)26-12-16(19-20(26)23-10-17(21)24-19)14-4-7-18-22-8-9-25(18)11-14/h2-12H,1H3. The van der Waals surface area contributed by atoms with Crippen LogP contribution in [0.2, 0.25) is 0 Å². The molecule has 5 rings (SSSR count). The van der Waals surface area contributed by atoms with E-state index in [4.69, 9.17) is 0 Å². The quantitative estimate of drug-likeness (QED) is 0.399. The third kappa shape index (κ3) is 2.93. The molecule has 0 amide bonds. The lowest BCUT2D eigenvalue weighted by Gasteiger charge is -2.07. The molecule has 0 fully saturated rings. The zero-order valence-electron chi connectivity index (χ0n) is 15.2. The van der Waals surface area contributed by atoms with Gasteiger partial charge in [0.25, 0.3) is 10.0 Å². The number of benzene rings is 1. The molecule has 0 radical (unpaired) electrons. The Bertz CT molecular complexity index is 1490. The Morgan fingerprint density at radius 2 is 1.79 bits per heavy atom. The van der Waals surface area contributed by atoms with E-state index in [-0.39, 0.29) is 10.5 Å². The number of hydrogen-bond donors (Lipinski definition) is 0. The number of nitrogens with zero attached hydrogens (tertiary/aromatic N) is 5. The Morgan fingerprint density at radius 1 is 1.00 bits per heavy atom. The Labute approximate surface area is 174 Å². The lowest BCUT2D eigenvalue weighted by molar-refractivity contribution is 0.588. The van der Waals surface area contributed by atoms with Crippen LogP contribution in [0.4, 0.5) is 0 Å². The van der Waals surface area contributed by atoms with Crippen LogP contribution in [0, 0.1) is 6.92 Å². The molecule has 0 saturated heterocycles. The normalized spacial score (nSPS) is 12.1. The van der Waals surface area contributed by atoms with Crippen molar-refractivity contribution in [2.24, 2.45) is 0 Å². The summed E-state index contributed by atoms with van der Waals surface area (Å²) >= 11 is 3.34. The second kappa shape index (κ2) is 6.50. The van der Waals surface area contributed by atoms with E-state index < -0.39 is 10.0 Å². The summed E-state index contributed by atoms with van der Waals surface area (Å²) in [5, 5.41) is 0. The highest BCUT2D eigenvalue weighted by atomic mass is 79.9. The summed E-state index contributed by atoms with van der Waals surface area (Å²) in [4.78, 5) is 13.3. The molecule has 0 aliphatic rings. The van der Waals surface area contributed by atoms with Gasteiger partial charge in [-0.05, 0) is 47.1 Å². The molecule has 0 unspecified atom stereocenters. The van der Waals surface area contributed by atoms with Gasteiger partial charge in [-0.25, -0.2) is 27.3 Å². The van der Waals surface area contributed by atoms with E-state index in [1.807, 2.05) is 35.9 Å². The molecule has 0 aliphatic heterocycles. The molecule has 29 heavy (non-hydrogen) atoms. The number of pyridine rings is 1. The molecule has 9 heteroatoms. The topological polar surface area (TPSA) is 82.2 Å². The van der Waals surface area contributed by atoms with E-state index in [0.717, 1.165) is 16.8 Å². The highest BCUT2D eigenvalue weighted by molar-refractivity contribution is 9.10. The molecule has 0 aliphatic carbocycles. The summed E-state index contributed by atoms with van der Waals surface area (Å²) in [6, 6.07) is 10.5. The lowest BCUT2D eigenvalue weighted by Crippen LogP contribution is -2.12. The highest BCUT2D eigenvalue weighted by Gasteiger charge is 2.24. The van der Waals surface area contributed by atoms with Gasteiger partial charge in [-0.2, -0.15) is 0 Å². The number of rotatable bonds is 3. The highest BCUT2D eigenvalue weighted by Crippen LogP contribution is 2.32. The van der Waals surface area contributed by atoms with Gasteiger partial charge in [0.1, 0.15) is 15.8 Å². The van der Waals surface area contributed by atoms with Gasteiger partial charge >= 0.3 is 0 Å². The van der Waals surface area contributed by atoms with Gasteiger partial charge in [-0.3, -0.25) is 0 Å². The molecule has 0 spiro atoms. The van der Waals surface area contributed by atoms with Crippen LogP contribution >= 0.6 is 15.9 Å². The summed E-state index contributed by atoms with van der Waals surface area (Å²) < 4.78 is 30.3. The zero-order valence-corrected chi connectivity index (χ0v) is 17.6. The molecule has 0 saturated carbocycles. The van der Waals surface area contributed by atoms with Crippen molar-refractivity contribution in [3.63, 3.8) is 0 Å². The summed E-state index contributed by atoms with van der Waals surface area (Å²) in [7, 11) is -3.83. The van der Waals surface area contributed by atoms with Gasteiger partial charge in [0.05, 0.1) is 11.1 Å². The van der Waals surface area contributed by atoms with E-state index in [1.165, 1.54) is 10.2 Å². The molecule has 4 aromatic heterocycles. The maximum Gasteiger partial charge on any atom is 0.269 e. The van der Waals surface area contributed by atoms with Crippen molar-refractivity contribution in [2.75, 3.05) is 0 Å². The van der Waals surface area contributed by atoms with E-state index in [9.17, 15) is 8.42 Å². The minimum Gasteiger partial charge on any atom is -0.306 e. The predicted octanol–water partition coefficient (Wildman–Crippen LogP) is 4.05. The van der Waals surface area contributed by atoms with Crippen LogP contribution in [-0.2, 0) is 10.0 Å². The van der Waals surface area contributed by atoms with Crippen LogP contribution in [0.15, 0.2) is 76.9 Å². The van der Waals surface area contributed by atoms with Crippen LogP contribution in [0.25, 0.3) is 27.9 Å². The average molecular weight is 468 g/mol. The smallest absolute Gasteiger partial charge is 0.269 e. The molecule has 0 atom stereocenters. The molecule has 7 nitrogen and oxygen atoms in total. The monoisotopic (exact) mass is 467 g/mol. The van der Waals surface area contributed by atoms with Crippen molar-refractivity contribution in [2.45, 2.75) is 11.8 Å². The van der Waals surface area contributed by atoms with Crippen molar-refractivity contribution in [1.82, 2.24) is 23.3 Å². The first-order valence-corrected chi connectivity index (χ1v) is 11.0. The Morgan fingerprint density at radius 3 is 2.59 bits per heavy atom. The molecule has 144 valence electrons. The number of fused-ring (bicyclic) bond motifs is 2. The Balaban J connectivity index is 1.78. The van der Waals surface area contributed by atoms with Crippen LogP contribution < -0.4 is 0 Å². The fourth-order valence-electron chi connectivity index (χ4n) is 3.24. The van der Waals surface area contributed by atoms with Gasteiger partial charge in [0, 0.05) is 35.9 Å². The van der Waals surface area contributed by atoms with Gasteiger partial charge in [0.2, 0.25) is 0 Å². The third-order valence-electron chi connectivity index (χ3n) is 4.71. The number of aromatic nitrogens is 5. The average Bonchev–Trinajstić information content (AvgIpc) is 3.32. The Kier molecular flexibility index (Phi) is 4.04. The van der Waals surface area contributed by atoms with Crippen molar-refractivity contribution >= 4 is 42.8 Å². The SMILES string of the molecule is Cc1ccc(S(=O)(=O)n2cc(-c3ccc4nccn4c3)c3nc(Br)cnc32)cc1. The largest absolute Gasteiger partial charge is 0.306 e. The fraction of sp³-hybridized carbons (Fsp3) is 0.0500. The zero-order chi connectivity index (χ0) is 20.2. The minimum atomic E-state index is -3.83. The van der Waals surface area contributed by atoms with Crippen LogP contribution in [-0.4, -0.2) is 31.7 Å². The molecular weight excluding hydrogens is 454 g/mol. The summed E-state index contributed by atoms with van der Waals surface area (Å²) in [6.45, 7) is 1.91. The summed E-state index contributed by atoms with van der Waals surface area (Å²) in [5.74, 6) is 0. The molecule has 1 aromatic carbocycles. The van der Waals surface area contributed by atoms with Gasteiger partial charge in [0.15, 0.2) is 5.65 Å². The van der Waals surface area contributed by atoms with Crippen molar-refractivity contribution in [3.05, 3.63) is 77.5 Å².